The van der Waals surface area contributed by atoms with E-state index in [0.29, 0.717) is 12.2 Å². The van der Waals surface area contributed by atoms with E-state index in [4.69, 9.17) is 7.58 Å². The normalized spacial score (nSPS) is 10.9. The molecule has 0 atom stereocenters. The van der Waals surface area contributed by atoms with Crippen LogP contribution in [0.15, 0.2) is 11.8 Å². The minimum atomic E-state index is -0.245. The third-order valence-corrected chi connectivity index (χ3v) is 2.37. The summed E-state index contributed by atoms with van der Waals surface area (Å²) in [6.45, 7) is 10.7. The second kappa shape index (κ2) is 11.2. The van der Waals surface area contributed by atoms with Gasteiger partial charge in [0.25, 0.3) is 0 Å². The molecule has 0 saturated heterocycles. The van der Waals surface area contributed by atoms with Crippen molar-refractivity contribution in [3.63, 3.8) is 0 Å². The van der Waals surface area contributed by atoms with Gasteiger partial charge in [0.15, 0.2) is 5.78 Å². The fraction of sp³-hybridized carbons (Fsp3) is 0.727. The summed E-state index contributed by atoms with van der Waals surface area (Å²) in [4.78, 5) is 9.98. The minimum absolute atomic E-state index is 0.187. The second-order valence-corrected chi connectivity index (χ2v) is 4.57. The number of carbonyl (C=O) groups excluding carboxylic acids is 1. The molecule has 0 heterocycles. The summed E-state index contributed by atoms with van der Waals surface area (Å²) >= 11 is -0.245. The molecule has 0 radical (unpaired) electrons. The molecule has 0 aliphatic rings. The van der Waals surface area contributed by atoms with E-state index in [1.807, 2.05) is 27.7 Å². The zero-order valence-corrected chi connectivity index (χ0v) is 12.1. The van der Waals surface area contributed by atoms with Crippen LogP contribution in [0.1, 0.15) is 41.5 Å². The maximum atomic E-state index is 9.98. The Morgan fingerprint density at radius 2 is 1.50 bits per heavy atom. The topological polar surface area (TPSA) is 58.6 Å². The van der Waals surface area contributed by atoms with Gasteiger partial charge in [-0.25, -0.2) is 0 Å². The van der Waals surface area contributed by atoms with Gasteiger partial charge in [-0.1, -0.05) is 6.92 Å². The van der Waals surface area contributed by atoms with Gasteiger partial charge in [-0.05, 0) is 13.0 Å². The summed E-state index contributed by atoms with van der Waals surface area (Å²) in [7, 11) is 0. The van der Waals surface area contributed by atoms with Gasteiger partial charge in [0.1, 0.15) is 0 Å². The van der Waals surface area contributed by atoms with Crippen LogP contribution in [0.5, 0.6) is 0 Å². The summed E-state index contributed by atoms with van der Waals surface area (Å²) in [6.07, 6.45) is 1.66. The van der Waals surface area contributed by atoms with E-state index >= 15 is 0 Å². The molecule has 0 fully saturated rings. The number of ketones is 1. The summed E-state index contributed by atoms with van der Waals surface area (Å²) in [5, 5.41) is 9.98. The molecular weight excluding hydrogens is 223 g/mol. The van der Waals surface area contributed by atoms with Crippen molar-refractivity contribution in [2.45, 2.75) is 53.8 Å². The monoisotopic (exact) mass is 244 g/mol. The Balaban J connectivity index is 0. The molecule has 0 saturated carbocycles. The Bertz CT molecular complexity index is 200. The molecule has 0 bridgehead atoms. The average molecular weight is 244 g/mol. The van der Waals surface area contributed by atoms with Crippen molar-refractivity contribution in [3.8, 4) is 0 Å². The third-order valence-electron chi connectivity index (χ3n) is 1.06. The zero-order valence-electron chi connectivity index (χ0n) is 10.9. The Hall–Kier alpha value is -0.338. The summed E-state index contributed by atoms with van der Waals surface area (Å²) < 4.78 is 10.4. The first-order valence-electron chi connectivity index (χ1n) is 5.24. The first kappa shape index (κ1) is 18.0. The predicted octanol–water partition coefficient (Wildman–Crippen LogP) is 1.21. The fourth-order valence-corrected chi connectivity index (χ4v) is 1.05. The quantitative estimate of drug-likeness (QED) is 0.414. The van der Waals surface area contributed by atoms with Gasteiger partial charge in [0, 0.05) is 0 Å². The Morgan fingerprint density at radius 1 is 1.12 bits per heavy atom. The van der Waals surface area contributed by atoms with Gasteiger partial charge in [0.2, 0.25) is 0 Å². The molecule has 0 amide bonds. The van der Waals surface area contributed by atoms with E-state index in [0.717, 1.165) is 6.08 Å². The number of carbonyl (C=O) groups is 1. The van der Waals surface area contributed by atoms with Crippen LogP contribution < -0.4 is 5.11 Å². The van der Waals surface area contributed by atoms with Gasteiger partial charge in [-0.2, -0.15) is 0 Å². The molecule has 0 rings (SSSR count). The van der Waals surface area contributed by atoms with Crippen molar-refractivity contribution >= 4 is 21.7 Å². The molecule has 5 heteroatoms. The van der Waals surface area contributed by atoms with Crippen molar-refractivity contribution < 1.29 is 17.5 Å². The molecular formula is C11H21AlO4. The molecule has 0 N–H and O–H groups in total. The zero-order chi connectivity index (χ0) is 13.1. The number of hydrogen-bond donors (Lipinski definition) is 0. The van der Waals surface area contributed by atoms with Crippen LogP contribution in [0.25, 0.3) is 0 Å². The predicted molar refractivity (Wildman–Crippen MR) is 62.6 cm³/mol. The summed E-state index contributed by atoms with van der Waals surface area (Å²) in [5.41, 5.74) is 0. The molecule has 92 valence electrons. The first-order chi connectivity index (χ1) is 7.25. The first-order valence-corrected chi connectivity index (χ1v) is 6.18. The van der Waals surface area contributed by atoms with Crippen LogP contribution in [-0.4, -0.2) is 33.9 Å². The van der Waals surface area contributed by atoms with Crippen molar-refractivity contribution in [3.05, 3.63) is 11.8 Å². The van der Waals surface area contributed by atoms with Gasteiger partial charge >= 0.3 is 63.4 Å². The molecule has 0 aliphatic heterocycles. The van der Waals surface area contributed by atoms with E-state index in [2.05, 4.69) is 0 Å². The number of allylic oxidation sites excluding steroid dienone is 2. The van der Waals surface area contributed by atoms with Crippen LogP contribution in [0.2, 0.25) is 0 Å². The van der Waals surface area contributed by atoms with Crippen LogP contribution >= 0.6 is 0 Å². The molecule has 4 nitrogen and oxygen atoms in total. The fourth-order valence-electron chi connectivity index (χ4n) is 0.541. The van der Waals surface area contributed by atoms with Gasteiger partial charge in [0.05, 0.1) is 0 Å². The van der Waals surface area contributed by atoms with Crippen molar-refractivity contribution in [1.82, 2.24) is 0 Å². The average Bonchev–Trinajstić information content (AvgIpc) is 2.00. The third kappa shape index (κ3) is 23.5. The van der Waals surface area contributed by atoms with E-state index in [9.17, 15) is 9.90 Å². The van der Waals surface area contributed by atoms with E-state index in [1.165, 1.54) is 13.8 Å². The van der Waals surface area contributed by atoms with Gasteiger partial charge in [-0.3, -0.25) is 4.79 Å². The van der Waals surface area contributed by atoms with Crippen LogP contribution in [0.3, 0.4) is 0 Å². The number of hydrogen-bond acceptors (Lipinski definition) is 4. The Morgan fingerprint density at radius 3 is 1.62 bits per heavy atom. The molecule has 0 spiro atoms. The van der Waals surface area contributed by atoms with Crippen LogP contribution in [0.4, 0.5) is 0 Å². The van der Waals surface area contributed by atoms with E-state index < -0.39 is 0 Å². The van der Waals surface area contributed by atoms with Crippen molar-refractivity contribution in [2.24, 2.45) is 0 Å². The standard InChI is InChI=1S/C5H8O2.2C3H7O.Al/c1-4(6)3-5(2)7;2*1-3(2)4;/h3,6H,1-2H3;2*3H,1-2H3;/q;2*-1;+3/p-1/b4-3-;;;. The van der Waals surface area contributed by atoms with E-state index in [1.54, 1.807) is 0 Å². The molecule has 0 aromatic carbocycles. The molecule has 16 heavy (non-hydrogen) atoms. The van der Waals surface area contributed by atoms with Crippen LogP contribution in [0, 0.1) is 0 Å². The molecule has 0 aromatic heterocycles. The molecule has 0 aliphatic carbocycles. The Labute approximate surface area is 105 Å². The van der Waals surface area contributed by atoms with Crippen LogP contribution in [-0.2, 0) is 12.4 Å². The number of rotatable bonds is 5. The van der Waals surface area contributed by atoms with Crippen molar-refractivity contribution in [1.29, 1.82) is 0 Å². The van der Waals surface area contributed by atoms with Gasteiger partial charge < -0.3 is 5.11 Å². The van der Waals surface area contributed by atoms with Gasteiger partial charge in [-0.15, -0.1) is 5.76 Å². The summed E-state index contributed by atoms with van der Waals surface area (Å²) in [5.74, 6) is -0.375. The second-order valence-electron chi connectivity index (χ2n) is 3.83. The Kier molecular flexibility index (Phi) is 12.6. The van der Waals surface area contributed by atoms with E-state index in [-0.39, 0.29) is 27.4 Å². The summed E-state index contributed by atoms with van der Waals surface area (Å²) in [6, 6.07) is 0. The van der Waals surface area contributed by atoms with Crippen molar-refractivity contribution in [2.75, 3.05) is 0 Å². The maximum absolute atomic E-state index is 9.98. The molecule has 0 aromatic rings. The SMILES string of the molecule is CC(=O)/C=C(/C)[O-].CC(C)[O][Al+][O]C(C)C. The molecule has 0 unspecified atom stereocenters.